The van der Waals surface area contributed by atoms with Crippen LogP contribution in [0.2, 0.25) is 5.02 Å². The molecule has 0 saturated heterocycles. The maximum absolute atomic E-state index is 12.2. The first-order valence-electron chi connectivity index (χ1n) is 5.47. The van der Waals surface area contributed by atoms with Crippen LogP contribution in [0.15, 0.2) is 12.1 Å². The van der Waals surface area contributed by atoms with Crippen molar-refractivity contribution in [3.63, 3.8) is 0 Å². The van der Waals surface area contributed by atoms with Crippen LogP contribution >= 0.6 is 24.0 Å². The smallest absolute Gasteiger partial charge is 0.257 e. The highest BCUT2D eigenvalue weighted by atomic mass is 35.5. The average molecular weight is 293 g/mol. The topological polar surface area (TPSA) is 55.6 Å². The molecule has 0 aliphatic carbocycles. The minimum atomic E-state index is -0.103. The Balaban J connectivity index is 0.00000289. The van der Waals surface area contributed by atoms with E-state index < -0.39 is 0 Å². The number of anilines is 1. The summed E-state index contributed by atoms with van der Waals surface area (Å²) in [5.74, 6) is 0.345. The summed E-state index contributed by atoms with van der Waals surface area (Å²) in [6.45, 7) is 5.13. The number of nitrogens with zero attached hydrogens (tertiary/aromatic N) is 1. The summed E-state index contributed by atoms with van der Waals surface area (Å²) in [5.41, 5.74) is 6.51. The monoisotopic (exact) mass is 292 g/mol. The van der Waals surface area contributed by atoms with Crippen molar-refractivity contribution in [1.29, 1.82) is 0 Å². The summed E-state index contributed by atoms with van der Waals surface area (Å²) in [6, 6.07) is 3.12. The van der Waals surface area contributed by atoms with Gasteiger partial charge in [0.25, 0.3) is 5.91 Å². The molecule has 0 bridgehead atoms. The zero-order chi connectivity index (χ0) is 13.0. The van der Waals surface area contributed by atoms with E-state index in [0.717, 1.165) is 0 Å². The van der Waals surface area contributed by atoms with E-state index in [9.17, 15) is 4.79 Å². The normalized spacial score (nSPS) is 9.56. The zero-order valence-electron chi connectivity index (χ0n) is 10.7. The zero-order valence-corrected chi connectivity index (χ0v) is 12.3. The molecule has 0 fully saturated rings. The second-order valence-corrected chi connectivity index (χ2v) is 3.96. The molecule has 0 aliphatic rings. The average Bonchev–Trinajstić information content (AvgIpc) is 2.33. The molecule has 1 aromatic carbocycles. The van der Waals surface area contributed by atoms with Gasteiger partial charge in [0, 0.05) is 19.2 Å². The minimum Gasteiger partial charge on any atom is -0.496 e. The molecular weight excluding hydrogens is 275 g/mol. The highest BCUT2D eigenvalue weighted by Crippen LogP contribution is 2.29. The third-order valence-corrected chi connectivity index (χ3v) is 2.93. The Morgan fingerprint density at radius 1 is 1.39 bits per heavy atom. The number of methoxy groups -OCH3 is 1. The van der Waals surface area contributed by atoms with Crippen LogP contribution in [0.4, 0.5) is 5.69 Å². The van der Waals surface area contributed by atoms with Gasteiger partial charge in [0.2, 0.25) is 0 Å². The van der Waals surface area contributed by atoms with Crippen LogP contribution in [0.5, 0.6) is 5.75 Å². The highest BCUT2D eigenvalue weighted by molar-refractivity contribution is 6.33. The molecule has 0 radical (unpaired) electrons. The van der Waals surface area contributed by atoms with E-state index in [1.54, 1.807) is 17.0 Å². The van der Waals surface area contributed by atoms with E-state index in [2.05, 4.69) is 0 Å². The molecule has 2 N–H and O–H groups in total. The number of carbonyl (C=O) groups excluding carboxylic acids is 1. The Bertz CT molecular complexity index is 421. The number of nitrogens with two attached hydrogens (primary N) is 1. The van der Waals surface area contributed by atoms with Gasteiger partial charge in [-0.3, -0.25) is 4.79 Å². The number of nitrogen functional groups attached to an aromatic ring is 1. The largest absolute Gasteiger partial charge is 0.496 e. The summed E-state index contributed by atoms with van der Waals surface area (Å²) in [7, 11) is 1.50. The van der Waals surface area contributed by atoms with E-state index in [1.807, 2.05) is 13.8 Å². The number of hydrogen-bond donors (Lipinski definition) is 1. The number of benzene rings is 1. The maximum Gasteiger partial charge on any atom is 0.257 e. The van der Waals surface area contributed by atoms with Crippen molar-refractivity contribution in [3.05, 3.63) is 22.7 Å². The van der Waals surface area contributed by atoms with Crippen molar-refractivity contribution in [2.45, 2.75) is 13.8 Å². The molecule has 0 spiro atoms. The molecule has 1 amide bonds. The van der Waals surface area contributed by atoms with Crippen molar-refractivity contribution in [3.8, 4) is 5.75 Å². The molecule has 0 aromatic heterocycles. The number of rotatable bonds is 4. The Labute approximate surface area is 118 Å². The van der Waals surface area contributed by atoms with Crippen LogP contribution in [-0.4, -0.2) is 31.0 Å². The molecule has 0 atom stereocenters. The number of halogens is 2. The molecule has 18 heavy (non-hydrogen) atoms. The third kappa shape index (κ3) is 3.43. The number of carbonyl (C=O) groups is 1. The van der Waals surface area contributed by atoms with Gasteiger partial charge in [-0.15, -0.1) is 12.4 Å². The third-order valence-electron chi connectivity index (χ3n) is 2.60. The van der Waals surface area contributed by atoms with E-state index in [-0.39, 0.29) is 18.3 Å². The quantitative estimate of drug-likeness (QED) is 0.868. The Kier molecular flexibility index (Phi) is 6.88. The SMILES string of the molecule is CCN(CC)C(=O)c1cc(Cl)c(N)cc1OC.Cl. The van der Waals surface area contributed by atoms with E-state index in [0.29, 0.717) is 35.1 Å². The molecule has 0 unspecified atom stereocenters. The van der Waals surface area contributed by atoms with Gasteiger partial charge in [-0.2, -0.15) is 0 Å². The van der Waals surface area contributed by atoms with Gasteiger partial charge < -0.3 is 15.4 Å². The molecule has 1 rings (SSSR count). The van der Waals surface area contributed by atoms with Crippen molar-refractivity contribution in [2.75, 3.05) is 25.9 Å². The molecule has 1 aromatic rings. The van der Waals surface area contributed by atoms with Gasteiger partial charge in [0.15, 0.2) is 0 Å². The standard InChI is InChI=1S/C12H17ClN2O2.ClH/c1-4-15(5-2)12(16)8-6-9(13)10(14)7-11(8)17-3;/h6-7H,4-5,14H2,1-3H3;1H. The predicted octanol–water partition coefficient (Wildman–Crippen LogP) is 2.83. The molecule has 102 valence electrons. The number of hydrogen-bond acceptors (Lipinski definition) is 3. The molecule has 4 nitrogen and oxygen atoms in total. The summed E-state index contributed by atoms with van der Waals surface area (Å²) < 4.78 is 5.16. The molecule has 0 aliphatic heterocycles. The van der Waals surface area contributed by atoms with E-state index in [4.69, 9.17) is 22.1 Å². The maximum atomic E-state index is 12.2. The Morgan fingerprint density at radius 2 is 1.94 bits per heavy atom. The fraction of sp³-hybridized carbons (Fsp3) is 0.417. The Hall–Kier alpha value is -1.13. The lowest BCUT2D eigenvalue weighted by molar-refractivity contribution is 0.0769. The number of amides is 1. The fourth-order valence-corrected chi connectivity index (χ4v) is 1.75. The predicted molar refractivity (Wildman–Crippen MR) is 76.9 cm³/mol. The Morgan fingerprint density at radius 3 is 2.39 bits per heavy atom. The minimum absolute atomic E-state index is 0. The van der Waals surface area contributed by atoms with Crippen LogP contribution in [0.25, 0.3) is 0 Å². The number of ether oxygens (including phenoxy) is 1. The second-order valence-electron chi connectivity index (χ2n) is 3.55. The van der Waals surface area contributed by atoms with Crippen LogP contribution in [0, 0.1) is 0 Å². The van der Waals surface area contributed by atoms with Crippen LogP contribution < -0.4 is 10.5 Å². The fourth-order valence-electron chi connectivity index (χ4n) is 1.59. The lowest BCUT2D eigenvalue weighted by Crippen LogP contribution is -2.30. The molecule has 0 saturated carbocycles. The van der Waals surface area contributed by atoms with Crippen LogP contribution in [-0.2, 0) is 0 Å². The first kappa shape index (κ1) is 16.9. The van der Waals surface area contributed by atoms with Crippen molar-refractivity contribution in [2.24, 2.45) is 0 Å². The van der Waals surface area contributed by atoms with E-state index in [1.165, 1.54) is 7.11 Å². The van der Waals surface area contributed by atoms with Crippen molar-refractivity contribution >= 4 is 35.6 Å². The summed E-state index contributed by atoms with van der Waals surface area (Å²) in [5, 5.41) is 0.362. The first-order chi connectivity index (χ1) is 8.04. The lowest BCUT2D eigenvalue weighted by Gasteiger charge is -2.20. The first-order valence-corrected chi connectivity index (χ1v) is 5.85. The molecule has 0 heterocycles. The van der Waals surface area contributed by atoms with Gasteiger partial charge in [0.05, 0.1) is 23.4 Å². The van der Waals surface area contributed by atoms with Crippen LogP contribution in [0.3, 0.4) is 0 Å². The summed E-state index contributed by atoms with van der Waals surface area (Å²) in [6.07, 6.45) is 0. The van der Waals surface area contributed by atoms with Crippen molar-refractivity contribution < 1.29 is 9.53 Å². The van der Waals surface area contributed by atoms with Crippen LogP contribution in [0.1, 0.15) is 24.2 Å². The molecular formula is C12H18Cl2N2O2. The summed E-state index contributed by atoms with van der Waals surface area (Å²) in [4.78, 5) is 13.9. The second kappa shape index (κ2) is 7.34. The van der Waals surface area contributed by atoms with E-state index >= 15 is 0 Å². The van der Waals surface area contributed by atoms with Gasteiger partial charge in [0.1, 0.15) is 5.75 Å². The lowest BCUT2D eigenvalue weighted by atomic mass is 10.1. The highest BCUT2D eigenvalue weighted by Gasteiger charge is 2.18. The van der Waals surface area contributed by atoms with Gasteiger partial charge in [-0.05, 0) is 19.9 Å². The molecule has 6 heteroatoms. The van der Waals surface area contributed by atoms with Gasteiger partial charge >= 0.3 is 0 Å². The van der Waals surface area contributed by atoms with Crippen molar-refractivity contribution in [1.82, 2.24) is 4.90 Å². The summed E-state index contributed by atoms with van der Waals surface area (Å²) >= 11 is 5.93. The van der Waals surface area contributed by atoms with Gasteiger partial charge in [-0.25, -0.2) is 0 Å². The van der Waals surface area contributed by atoms with Gasteiger partial charge in [-0.1, -0.05) is 11.6 Å².